The van der Waals surface area contributed by atoms with Crippen LogP contribution in [-0.2, 0) is 14.8 Å². The van der Waals surface area contributed by atoms with Gasteiger partial charge >= 0.3 is 0 Å². The van der Waals surface area contributed by atoms with Crippen LogP contribution in [0.3, 0.4) is 0 Å². The van der Waals surface area contributed by atoms with Crippen LogP contribution in [0.1, 0.15) is 22.3 Å². The van der Waals surface area contributed by atoms with Gasteiger partial charge in [-0.3, -0.25) is 9.52 Å². The number of anilines is 1. The van der Waals surface area contributed by atoms with E-state index in [4.69, 9.17) is 4.74 Å². The molecule has 0 radical (unpaired) electrons. The average Bonchev–Trinajstić information content (AvgIpc) is 2.60. The molecule has 25 heavy (non-hydrogen) atoms. The SMILES string of the molecule is COCCCNC(=O)c1ccc(S(=O)(=O)Nc2ccccc2C)cc1. The van der Waals surface area contributed by atoms with E-state index in [0.717, 1.165) is 12.0 Å². The second-order valence-corrected chi connectivity index (χ2v) is 7.23. The number of nitrogens with one attached hydrogen (secondary N) is 2. The van der Waals surface area contributed by atoms with E-state index in [-0.39, 0.29) is 10.8 Å². The lowest BCUT2D eigenvalue weighted by molar-refractivity contribution is 0.0948. The number of rotatable bonds is 8. The lowest BCUT2D eigenvalue weighted by atomic mass is 10.2. The molecule has 134 valence electrons. The van der Waals surface area contributed by atoms with Crippen molar-refractivity contribution in [2.45, 2.75) is 18.2 Å². The van der Waals surface area contributed by atoms with Gasteiger partial charge in [0.25, 0.3) is 15.9 Å². The van der Waals surface area contributed by atoms with E-state index in [9.17, 15) is 13.2 Å². The molecular formula is C18H22N2O4S. The van der Waals surface area contributed by atoms with Crippen molar-refractivity contribution in [3.8, 4) is 0 Å². The highest BCUT2D eigenvalue weighted by atomic mass is 32.2. The highest BCUT2D eigenvalue weighted by Crippen LogP contribution is 2.19. The van der Waals surface area contributed by atoms with E-state index in [0.29, 0.717) is 24.4 Å². The minimum atomic E-state index is -3.70. The Bertz CT molecular complexity index is 817. The third-order valence-corrected chi connectivity index (χ3v) is 5.01. The van der Waals surface area contributed by atoms with Crippen molar-refractivity contribution in [2.24, 2.45) is 0 Å². The lowest BCUT2D eigenvalue weighted by Gasteiger charge is -2.11. The topological polar surface area (TPSA) is 84.5 Å². The highest BCUT2D eigenvalue weighted by molar-refractivity contribution is 7.92. The first-order valence-corrected chi connectivity index (χ1v) is 9.38. The summed E-state index contributed by atoms with van der Waals surface area (Å²) in [6.07, 6.45) is 0.717. The number of para-hydroxylation sites is 1. The van der Waals surface area contributed by atoms with Gasteiger partial charge in [0.15, 0.2) is 0 Å². The molecule has 7 heteroatoms. The van der Waals surface area contributed by atoms with Crippen LogP contribution < -0.4 is 10.0 Å². The number of carbonyl (C=O) groups is 1. The smallest absolute Gasteiger partial charge is 0.261 e. The quantitative estimate of drug-likeness (QED) is 0.707. The molecule has 1 amide bonds. The first kappa shape index (κ1) is 19.0. The number of carbonyl (C=O) groups excluding carboxylic acids is 1. The highest BCUT2D eigenvalue weighted by Gasteiger charge is 2.16. The van der Waals surface area contributed by atoms with Gasteiger partial charge in [-0.05, 0) is 49.2 Å². The average molecular weight is 362 g/mol. The monoisotopic (exact) mass is 362 g/mol. The molecule has 0 aromatic heterocycles. The van der Waals surface area contributed by atoms with Crippen LogP contribution in [-0.4, -0.2) is 34.6 Å². The van der Waals surface area contributed by atoms with Crippen molar-refractivity contribution < 1.29 is 17.9 Å². The first-order chi connectivity index (χ1) is 11.9. The number of amides is 1. The van der Waals surface area contributed by atoms with Crippen molar-refractivity contribution in [2.75, 3.05) is 25.0 Å². The molecule has 0 atom stereocenters. The summed E-state index contributed by atoms with van der Waals surface area (Å²) in [5, 5.41) is 2.76. The number of hydrogen-bond donors (Lipinski definition) is 2. The standard InChI is InChI=1S/C18H22N2O4S/c1-14-6-3-4-7-17(14)20-25(22,23)16-10-8-15(9-11-16)18(21)19-12-5-13-24-2/h3-4,6-11,20H,5,12-13H2,1-2H3,(H,19,21). The summed E-state index contributed by atoms with van der Waals surface area (Å²) in [6, 6.07) is 13.0. The van der Waals surface area contributed by atoms with Crippen molar-refractivity contribution in [3.05, 3.63) is 59.7 Å². The minimum Gasteiger partial charge on any atom is -0.385 e. The Kier molecular flexibility index (Phi) is 6.55. The largest absolute Gasteiger partial charge is 0.385 e. The summed E-state index contributed by atoms with van der Waals surface area (Å²) in [5.41, 5.74) is 1.77. The molecule has 6 nitrogen and oxygen atoms in total. The second-order valence-electron chi connectivity index (χ2n) is 5.55. The van der Waals surface area contributed by atoms with Crippen LogP contribution in [0.15, 0.2) is 53.4 Å². The predicted molar refractivity (Wildman–Crippen MR) is 97.3 cm³/mol. The minimum absolute atomic E-state index is 0.103. The Morgan fingerprint density at radius 1 is 1.08 bits per heavy atom. The van der Waals surface area contributed by atoms with Gasteiger partial charge in [0.2, 0.25) is 0 Å². The van der Waals surface area contributed by atoms with E-state index in [2.05, 4.69) is 10.0 Å². The fraction of sp³-hybridized carbons (Fsp3) is 0.278. The maximum atomic E-state index is 12.5. The number of sulfonamides is 1. The maximum absolute atomic E-state index is 12.5. The summed E-state index contributed by atoms with van der Waals surface area (Å²) >= 11 is 0. The second kappa shape index (κ2) is 8.64. The summed E-state index contributed by atoms with van der Waals surface area (Å²) < 4.78 is 32.4. The van der Waals surface area contributed by atoms with Crippen LogP contribution >= 0.6 is 0 Å². The Labute approximate surface area is 148 Å². The van der Waals surface area contributed by atoms with Crippen LogP contribution in [0.25, 0.3) is 0 Å². The molecule has 0 heterocycles. The molecule has 0 aliphatic heterocycles. The molecule has 2 aromatic carbocycles. The summed E-state index contributed by atoms with van der Waals surface area (Å²) in [4.78, 5) is 12.1. The van der Waals surface area contributed by atoms with Crippen LogP contribution in [0, 0.1) is 6.92 Å². The molecular weight excluding hydrogens is 340 g/mol. The number of benzene rings is 2. The summed E-state index contributed by atoms with van der Waals surface area (Å²) in [6.45, 7) is 2.90. The third-order valence-electron chi connectivity index (χ3n) is 3.63. The molecule has 0 fully saturated rings. The Balaban J connectivity index is 2.05. The van der Waals surface area contributed by atoms with E-state index < -0.39 is 10.0 Å². The van der Waals surface area contributed by atoms with Crippen molar-refractivity contribution in [1.82, 2.24) is 5.32 Å². The third kappa shape index (κ3) is 5.30. The van der Waals surface area contributed by atoms with Crippen molar-refractivity contribution >= 4 is 21.6 Å². The van der Waals surface area contributed by atoms with Gasteiger partial charge in [0.05, 0.1) is 10.6 Å². The van der Waals surface area contributed by atoms with Crippen LogP contribution in [0.5, 0.6) is 0 Å². The van der Waals surface area contributed by atoms with Crippen molar-refractivity contribution in [3.63, 3.8) is 0 Å². The summed E-state index contributed by atoms with van der Waals surface area (Å²) in [5.74, 6) is -0.244. The summed E-state index contributed by atoms with van der Waals surface area (Å²) in [7, 11) is -2.10. The van der Waals surface area contributed by atoms with Gasteiger partial charge in [0, 0.05) is 25.8 Å². The zero-order chi connectivity index (χ0) is 18.3. The molecule has 2 N–H and O–H groups in total. The maximum Gasteiger partial charge on any atom is 0.261 e. The molecule has 0 spiro atoms. The van der Waals surface area contributed by atoms with E-state index in [1.54, 1.807) is 19.2 Å². The first-order valence-electron chi connectivity index (χ1n) is 7.89. The van der Waals surface area contributed by atoms with E-state index >= 15 is 0 Å². The Morgan fingerprint density at radius 2 is 1.76 bits per heavy atom. The van der Waals surface area contributed by atoms with E-state index in [1.807, 2.05) is 19.1 Å². The lowest BCUT2D eigenvalue weighted by Crippen LogP contribution is -2.25. The van der Waals surface area contributed by atoms with Gasteiger partial charge in [-0.1, -0.05) is 18.2 Å². The molecule has 0 unspecified atom stereocenters. The number of ether oxygens (including phenoxy) is 1. The molecule has 0 aliphatic carbocycles. The van der Waals surface area contributed by atoms with Gasteiger partial charge in [-0.25, -0.2) is 8.42 Å². The van der Waals surface area contributed by atoms with E-state index in [1.165, 1.54) is 24.3 Å². The molecule has 0 bridgehead atoms. The van der Waals surface area contributed by atoms with Crippen molar-refractivity contribution in [1.29, 1.82) is 0 Å². The van der Waals surface area contributed by atoms with Gasteiger partial charge in [-0.2, -0.15) is 0 Å². The number of hydrogen-bond acceptors (Lipinski definition) is 4. The van der Waals surface area contributed by atoms with Gasteiger partial charge in [0.1, 0.15) is 0 Å². The zero-order valence-corrected chi connectivity index (χ0v) is 15.1. The number of aryl methyl sites for hydroxylation is 1. The number of methoxy groups -OCH3 is 1. The fourth-order valence-corrected chi connectivity index (χ4v) is 3.33. The molecule has 0 saturated heterocycles. The normalized spacial score (nSPS) is 11.1. The van der Waals surface area contributed by atoms with Crippen LogP contribution in [0.4, 0.5) is 5.69 Å². The Morgan fingerprint density at radius 3 is 2.40 bits per heavy atom. The molecule has 0 saturated carbocycles. The van der Waals surface area contributed by atoms with Crippen LogP contribution in [0.2, 0.25) is 0 Å². The molecule has 0 aliphatic rings. The fourth-order valence-electron chi connectivity index (χ4n) is 2.20. The molecule has 2 aromatic rings. The predicted octanol–water partition coefficient (Wildman–Crippen LogP) is 2.56. The zero-order valence-electron chi connectivity index (χ0n) is 14.3. The van der Waals surface area contributed by atoms with Gasteiger partial charge in [-0.15, -0.1) is 0 Å². The Hall–Kier alpha value is -2.38. The van der Waals surface area contributed by atoms with Gasteiger partial charge < -0.3 is 10.1 Å². The molecule has 2 rings (SSSR count).